The lowest BCUT2D eigenvalue weighted by atomic mass is 10.3. The van der Waals surface area contributed by atoms with Crippen molar-refractivity contribution >= 4 is 29.0 Å². The minimum absolute atomic E-state index is 0.223. The van der Waals surface area contributed by atoms with Gasteiger partial charge in [0.2, 0.25) is 0 Å². The van der Waals surface area contributed by atoms with E-state index in [1.807, 2.05) is 17.5 Å². The zero-order chi connectivity index (χ0) is 19.2. The van der Waals surface area contributed by atoms with Crippen LogP contribution < -0.4 is 5.32 Å². The summed E-state index contributed by atoms with van der Waals surface area (Å²) in [6.07, 6.45) is 0.815. The molecule has 8 heteroatoms. The Labute approximate surface area is 159 Å². The number of anilines is 1. The number of thiophene rings is 1. The van der Waals surface area contributed by atoms with E-state index in [-0.39, 0.29) is 18.8 Å². The molecule has 1 amide bonds. The van der Waals surface area contributed by atoms with Gasteiger partial charge in [0.25, 0.3) is 5.91 Å². The number of amides is 1. The number of nitrogens with zero attached hydrogens (tertiary/aromatic N) is 2. The number of carbonyl (C=O) groups is 2. The Morgan fingerprint density at radius 2 is 2.04 bits per heavy atom. The summed E-state index contributed by atoms with van der Waals surface area (Å²) in [6.45, 7) is 1.40. The van der Waals surface area contributed by atoms with Crippen molar-refractivity contribution in [3.63, 3.8) is 0 Å². The summed E-state index contributed by atoms with van der Waals surface area (Å²) in [7, 11) is 0. The third kappa shape index (κ3) is 5.24. The van der Waals surface area contributed by atoms with Crippen molar-refractivity contribution in [2.75, 3.05) is 11.9 Å². The van der Waals surface area contributed by atoms with Crippen LogP contribution in [0.5, 0.6) is 0 Å². The predicted octanol–water partition coefficient (Wildman–Crippen LogP) is 3.50. The smallest absolute Gasteiger partial charge is 0.306 e. The second-order valence-corrected chi connectivity index (χ2v) is 6.88. The lowest BCUT2D eigenvalue weighted by Gasteiger charge is -2.09. The van der Waals surface area contributed by atoms with Gasteiger partial charge < -0.3 is 10.1 Å². The van der Waals surface area contributed by atoms with Crippen molar-refractivity contribution in [2.24, 2.45) is 0 Å². The Balaban J connectivity index is 1.55. The first-order valence-corrected chi connectivity index (χ1v) is 9.20. The second kappa shape index (κ2) is 8.59. The molecule has 0 aliphatic rings. The first kappa shape index (κ1) is 18.8. The van der Waals surface area contributed by atoms with E-state index in [1.54, 1.807) is 36.5 Å². The Morgan fingerprint density at radius 1 is 1.26 bits per heavy atom. The molecule has 1 N–H and O–H groups in total. The van der Waals surface area contributed by atoms with Crippen LogP contribution in [0.1, 0.15) is 17.0 Å². The first-order chi connectivity index (χ1) is 13.0. The van der Waals surface area contributed by atoms with Gasteiger partial charge in [-0.05, 0) is 49.1 Å². The molecule has 2 aromatic heterocycles. The van der Waals surface area contributed by atoms with E-state index in [4.69, 9.17) is 4.74 Å². The molecule has 0 spiro atoms. The normalized spacial score (nSPS) is 10.6. The average molecular weight is 387 g/mol. The zero-order valence-electron chi connectivity index (χ0n) is 14.6. The van der Waals surface area contributed by atoms with Gasteiger partial charge in [0.05, 0.1) is 17.8 Å². The lowest BCUT2D eigenvalue weighted by Crippen LogP contribution is -2.22. The number of nitrogens with one attached hydrogen (secondary N) is 1. The van der Waals surface area contributed by atoms with Crippen molar-refractivity contribution < 1.29 is 18.7 Å². The number of rotatable bonds is 7. The molecule has 0 aliphatic heterocycles. The summed E-state index contributed by atoms with van der Waals surface area (Å²) < 4.78 is 19.6. The molecule has 3 rings (SSSR count). The Hall–Kier alpha value is -3.00. The number of aromatic nitrogens is 2. The van der Waals surface area contributed by atoms with Crippen molar-refractivity contribution in [2.45, 2.75) is 19.8 Å². The molecule has 0 saturated carbocycles. The van der Waals surface area contributed by atoms with E-state index in [0.717, 1.165) is 4.88 Å². The summed E-state index contributed by atoms with van der Waals surface area (Å²) in [4.78, 5) is 25.0. The van der Waals surface area contributed by atoms with Gasteiger partial charge in [-0.15, -0.1) is 11.3 Å². The Kier molecular flexibility index (Phi) is 5.97. The number of aryl methyl sites for hydroxylation is 2. The highest BCUT2D eigenvalue weighted by atomic mass is 32.1. The molecule has 0 aliphatic carbocycles. The van der Waals surface area contributed by atoms with Crippen LogP contribution in [0, 0.1) is 12.7 Å². The van der Waals surface area contributed by atoms with E-state index in [2.05, 4.69) is 10.4 Å². The number of halogens is 1. The maximum atomic E-state index is 13.1. The largest absolute Gasteiger partial charge is 0.456 e. The number of benzene rings is 1. The van der Waals surface area contributed by atoms with Crippen LogP contribution >= 0.6 is 11.3 Å². The number of hydrogen-bond acceptors (Lipinski definition) is 5. The molecule has 2 heterocycles. The number of esters is 1. The van der Waals surface area contributed by atoms with Crippen LogP contribution in [0.2, 0.25) is 0 Å². The van der Waals surface area contributed by atoms with Gasteiger partial charge in [0.1, 0.15) is 11.6 Å². The van der Waals surface area contributed by atoms with E-state index in [0.29, 0.717) is 23.6 Å². The molecule has 140 valence electrons. The molecule has 0 bridgehead atoms. The van der Waals surface area contributed by atoms with E-state index < -0.39 is 11.9 Å². The minimum atomic E-state index is -0.470. The van der Waals surface area contributed by atoms with Crippen molar-refractivity contribution in [3.8, 4) is 5.69 Å². The molecule has 1 aromatic carbocycles. The fraction of sp³-hybridized carbons (Fsp3) is 0.211. The quantitative estimate of drug-likeness (QED) is 0.630. The van der Waals surface area contributed by atoms with Gasteiger partial charge in [-0.3, -0.25) is 9.59 Å². The van der Waals surface area contributed by atoms with Gasteiger partial charge in [0.15, 0.2) is 6.61 Å². The SMILES string of the molecule is Cc1cc(NC(=O)COC(=O)CCc2cccs2)n(-c2ccc(F)cc2)n1. The molecular formula is C19H18FN3O3S. The van der Waals surface area contributed by atoms with E-state index in [1.165, 1.54) is 16.8 Å². The minimum Gasteiger partial charge on any atom is -0.456 e. The molecule has 3 aromatic rings. The van der Waals surface area contributed by atoms with E-state index in [9.17, 15) is 14.0 Å². The summed E-state index contributed by atoms with van der Waals surface area (Å²) >= 11 is 1.57. The predicted molar refractivity (Wildman–Crippen MR) is 100 cm³/mol. The molecule has 27 heavy (non-hydrogen) atoms. The third-order valence-electron chi connectivity index (χ3n) is 3.69. The molecule has 0 fully saturated rings. The summed E-state index contributed by atoms with van der Waals surface area (Å²) in [6, 6.07) is 11.3. The molecule has 6 nitrogen and oxygen atoms in total. The first-order valence-electron chi connectivity index (χ1n) is 8.32. The maximum Gasteiger partial charge on any atom is 0.306 e. The van der Waals surface area contributed by atoms with E-state index >= 15 is 0 Å². The third-order valence-corrected chi connectivity index (χ3v) is 4.63. The summed E-state index contributed by atoms with van der Waals surface area (Å²) in [5.74, 6) is -0.842. The van der Waals surface area contributed by atoms with Gasteiger partial charge in [-0.2, -0.15) is 5.10 Å². The van der Waals surface area contributed by atoms with Gasteiger partial charge >= 0.3 is 5.97 Å². The lowest BCUT2D eigenvalue weighted by molar-refractivity contribution is -0.147. The standard InChI is InChI=1S/C19H18FN3O3S/c1-13-11-17(23(22-13)15-6-4-14(20)5-7-15)21-18(24)12-26-19(25)9-8-16-3-2-10-27-16/h2-7,10-11H,8-9,12H2,1H3,(H,21,24). The summed E-state index contributed by atoms with van der Waals surface area (Å²) in [5, 5.41) is 8.90. The van der Waals surface area contributed by atoms with Crippen LogP contribution in [0.25, 0.3) is 5.69 Å². The van der Waals surface area contributed by atoms with Crippen LogP contribution in [0.3, 0.4) is 0 Å². The molecule has 0 atom stereocenters. The fourth-order valence-corrected chi connectivity index (χ4v) is 3.15. The highest BCUT2D eigenvalue weighted by Crippen LogP contribution is 2.17. The molecule has 0 radical (unpaired) electrons. The molecule has 0 unspecified atom stereocenters. The number of hydrogen-bond donors (Lipinski definition) is 1. The van der Waals surface area contributed by atoms with Crippen LogP contribution in [-0.4, -0.2) is 28.3 Å². The van der Waals surface area contributed by atoms with Gasteiger partial charge in [0, 0.05) is 10.9 Å². The topological polar surface area (TPSA) is 73.2 Å². The van der Waals surface area contributed by atoms with Crippen molar-refractivity contribution in [1.29, 1.82) is 0 Å². The fourth-order valence-electron chi connectivity index (χ4n) is 2.44. The van der Waals surface area contributed by atoms with Crippen molar-refractivity contribution in [1.82, 2.24) is 9.78 Å². The maximum absolute atomic E-state index is 13.1. The monoisotopic (exact) mass is 387 g/mol. The summed E-state index contributed by atoms with van der Waals surface area (Å²) in [5.41, 5.74) is 1.29. The Morgan fingerprint density at radius 3 is 2.74 bits per heavy atom. The highest BCUT2D eigenvalue weighted by molar-refractivity contribution is 7.09. The van der Waals surface area contributed by atoms with Crippen LogP contribution in [0.4, 0.5) is 10.2 Å². The number of carbonyl (C=O) groups excluding carboxylic acids is 2. The second-order valence-electron chi connectivity index (χ2n) is 5.85. The Bertz CT molecular complexity index is 920. The van der Waals surface area contributed by atoms with Crippen LogP contribution in [-0.2, 0) is 20.7 Å². The zero-order valence-corrected chi connectivity index (χ0v) is 15.5. The van der Waals surface area contributed by atoms with Gasteiger partial charge in [-0.1, -0.05) is 6.07 Å². The molecular weight excluding hydrogens is 369 g/mol. The van der Waals surface area contributed by atoms with Crippen molar-refractivity contribution in [3.05, 3.63) is 64.2 Å². The molecule has 0 saturated heterocycles. The van der Waals surface area contributed by atoms with Gasteiger partial charge in [-0.25, -0.2) is 9.07 Å². The van der Waals surface area contributed by atoms with Crippen LogP contribution in [0.15, 0.2) is 47.8 Å². The number of ether oxygens (including phenoxy) is 1. The highest BCUT2D eigenvalue weighted by Gasteiger charge is 2.13. The average Bonchev–Trinajstić information content (AvgIpc) is 3.28.